The van der Waals surface area contributed by atoms with Crippen molar-refractivity contribution in [1.29, 1.82) is 0 Å². The van der Waals surface area contributed by atoms with Crippen molar-refractivity contribution in [3.05, 3.63) is 207 Å². The van der Waals surface area contributed by atoms with E-state index in [9.17, 15) is 0 Å². The number of benzene rings is 6. The molecule has 0 aliphatic heterocycles. The second-order valence-corrected chi connectivity index (χ2v) is 28.3. The first-order valence-corrected chi connectivity index (χ1v) is 31.7. The molecular formula is C79H110. The smallest absolute Gasteiger partial charge is 0.00134 e. The number of hydrogen-bond acceptors (Lipinski definition) is 0. The molecule has 0 aromatic heterocycles. The van der Waals surface area contributed by atoms with E-state index in [1.54, 1.807) is 16.7 Å². The predicted molar refractivity (Wildman–Crippen MR) is 350 cm³/mol. The van der Waals surface area contributed by atoms with Crippen LogP contribution >= 0.6 is 0 Å². The number of rotatable bonds is 3. The maximum Gasteiger partial charge on any atom is -0.00134 e. The van der Waals surface area contributed by atoms with Crippen LogP contribution in [-0.2, 0) is 11.8 Å². The Morgan fingerprint density at radius 1 is 0.380 bits per heavy atom. The first kappa shape index (κ1) is 63.2. The molecule has 0 N–H and O–H groups in total. The minimum Gasteiger partial charge on any atom is -0.0807 e. The molecule has 6 aromatic carbocycles. The molecule has 0 atom stereocenters. The molecule has 0 unspecified atom stereocenters. The predicted octanol–water partition coefficient (Wildman–Crippen LogP) is 24.0. The van der Waals surface area contributed by atoms with Gasteiger partial charge in [0.15, 0.2) is 0 Å². The Hall–Kier alpha value is -4.94. The van der Waals surface area contributed by atoms with Crippen molar-refractivity contribution in [2.75, 3.05) is 0 Å². The lowest BCUT2D eigenvalue weighted by Gasteiger charge is -2.37. The first-order valence-electron chi connectivity index (χ1n) is 31.7. The molecule has 0 spiro atoms. The van der Waals surface area contributed by atoms with E-state index in [0.717, 1.165) is 36.0 Å². The molecule has 6 aromatic rings. The summed E-state index contributed by atoms with van der Waals surface area (Å²) < 4.78 is 0. The molecular weight excluding hydrogens is 949 g/mol. The van der Waals surface area contributed by atoms with Gasteiger partial charge in [0.25, 0.3) is 0 Å². The topological polar surface area (TPSA) is 0 Å². The third-order valence-electron chi connectivity index (χ3n) is 18.5. The van der Waals surface area contributed by atoms with E-state index in [0.29, 0.717) is 10.8 Å². The van der Waals surface area contributed by atoms with Gasteiger partial charge < -0.3 is 0 Å². The lowest BCUT2D eigenvalue weighted by Crippen LogP contribution is -2.25. The Labute approximate surface area is 486 Å². The zero-order valence-electron chi connectivity index (χ0n) is 53.0. The van der Waals surface area contributed by atoms with Crippen LogP contribution in [0.1, 0.15) is 251 Å². The number of hydrogen-bond donors (Lipinski definition) is 0. The Balaban J connectivity index is 0.000000154. The van der Waals surface area contributed by atoms with Crippen molar-refractivity contribution in [3.63, 3.8) is 0 Å². The lowest BCUT2D eigenvalue weighted by molar-refractivity contribution is 0.155. The van der Waals surface area contributed by atoms with Gasteiger partial charge in [-0.05, 0) is 214 Å². The zero-order valence-corrected chi connectivity index (χ0v) is 53.0. The second-order valence-electron chi connectivity index (χ2n) is 28.3. The van der Waals surface area contributed by atoms with Gasteiger partial charge in [-0.1, -0.05) is 275 Å². The van der Waals surface area contributed by atoms with Crippen molar-refractivity contribution in [3.8, 4) is 11.1 Å². The average Bonchev–Trinajstić information content (AvgIpc) is 3.84. The van der Waals surface area contributed by atoms with E-state index in [-0.39, 0.29) is 5.41 Å². The lowest BCUT2D eigenvalue weighted by atomic mass is 9.69. The summed E-state index contributed by atoms with van der Waals surface area (Å²) in [6.07, 6.45) is 27.3. The Kier molecular flexibility index (Phi) is 24.2. The highest BCUT2D eigenvalue weighted by molar-refractivity contribution is 5.76. The number of fused-ring (bicyclic) bond motifs is 3. The molecule has 79 heavy (non-hydrogen) atoms. The highest BCUT2D eigenvalue weighted by Gasteiger charge is 2.30. The molecule has 0 heteroatoms. The first-order chi connectivity index (χ1) is 37.5. The van der Waals surface area contributed by atoms with Crippen LogP contribution < -0.4 is 0 Å². The molecule has 5 aliphatic carbocycles. The van der Waals surface area contributed by atoms with Gasteiger partial charge in [0.1, 0.15) is 0 Å². The number of allylic oxidation sites excluding steroid dienone is 2. The molecule has 0 saturated heterocycles. The van der Waals surface area contributed by atoms with Crippen LogP contribution in [0.15, 0.2) is 146 Å². The van der Waals surface area contributed by atoms with Crippen LogP contribution in [0.25, 0.3) is 16.7 Å². The average molecular weight is 1060 g/mol. The minimum absolute atomic E-state index is 0.285. The van der Waals surface area contributed by atoms with E-state index in [2.05, 4.69) is 249 Å². The summed E-state index contributed by atoms with van der Waals surface area (Å²) in [5.74, 6) is 4.57. The van der Waals surface area contributed by atoms with Gasteiger partial charge >= 0.3 is 0 Å². The molecule has 3 fully saturated rings. The fourth-order valence-corrected chi connectivity index (χ4v) is 12.7. The van der Waals surface area contributed by atoms with Crippen molar-refractivity contribution >= 4 is 5.57 Å². The van der Waals surface area contributed by atoms with Crippen LogP contribution in [-0.4, -0.2) is 0 Å². The zero-order chi connectivity index (χ0) is 57.2. The van der Waals surface area contributed by atoms with Crippen LogP contribution in [0.4, 0.5) is 0 Å². The van der Waals surface area contributed by atoms with E-state index in [4.69, 9.17) is 0 Å². The molecule has 11 rings (SSSR count). The van der Waals surface area contributed by atoms with Gasteiger partial charge in [-0.2, -0.15) is 0 Å². The molecule has 3 saturated carbocycles. The molecule has 0 amide bonds. The van der Waals surface area contributed by atoms with E-state index in [1.165, 1.54) is 170 Å². The minimum atomic E-state index is 0.285. The molecule has 0 nitrogen and oxygen atoms in total. The summed E-state index contributed by atoms with van der Waals surface area (Å²) in [4.78, 5) is 0. The summed E-state index contributed by atoms with van der Waals surface area (Å²) >= 11 is 0. The fourth-order valence-electron chi connectivity index (χ4n) is 12.7. The van der Waals surface area contributed by atoms with Crippen LogP contribution in [0, 0.1) is 63.2 Å². The van der Waals surface area contributed by atoms with Gasteiger partial charge in [0, 0.05) is 0 Å². The Morgan fingerprint density at radius 3 is 1.30 bits per heavy atom. The summed E-state index contributed by atoms with van der Waals surface area (Å²) in [6.45, 7) is 34.2. The van der Waals surface area contributed by atoms with Gasteiger partial charge in [0.05, 0.1) is 0 Å². The van der Waals surface area contributed by atoms with Gasteiger partial charge in [-0.15, -0.1) is 0 Å². The van der Waals surface area contributed by atoms with Crippen LogP contribution in [0.2, 0.25) is 0 Å². The van der Waals surface area contributed by atoms with E-state index in [1.807, 2.05) is 0 Å². The molecule has 0 bridgehead atoms. The van der Waals surface area contributed by atoms with Crippen molar-refractivity contribution in [2.24, 2.45) is 28.6 Å². The second kappa shape index (κ2) is 30.2. The van der Waals surface area contributed by atoms with Crippen LogP contribution in [0.5, 0.6) is 0 Å². The largest absolute Gasteiger partial charge is 0.0807 e. The highest BCUT2D eigenvalue weighted by atomic mass is 14.4. The van der Waals surface area contributed by atoms with E-state index < -0.39 is 0 Å². The van der Waals surface area contributed by atoms with Gasteiger partial charge in [0.2, 0.25) is 0 Å². The molecule has 0 heterocycles. The molecule has 5 aliphatic rings. The van der Waals surface area contributed by atoms with Crippen molar-refractivity contribution < 1.29 is 0 Å². The summed E-state index contributed by atoms with van der Waals surface area (Å²) in [5, 5.41) is 0. The van der Waals surface area contributed by atoms with Gasteiger partial charge in [-0.25, -0.2) is 0 Å². The third kappa shape index (κ3) is 20.8. The maximum atomic E-state index is 2.40. The molecule has 426 valence electrons. The number of aryl methyl sites for hydroxylation is 5. The summed E-state index contributed by atoms with van der Waals surface area (Å²) in [7, 11) is 0. The van der Waals surface area contributed by atoms with E-state index >= 15 is 0 Å². The van der Waals surface area contributed by atoms with Crippen molar-refractivity contribution in [1.82, 2.24) is 0 Å². The van der Waals surface area contributed by atoms with Gasteiger partial charge in [-0.3, -0.25) is 0 Å². The summed E-state index contributed by atoms with van der Waals surface area (Å²) in [5.41, 5.74) is 21.4. The normalized spacial score (nSPS) is 20.0. The standard InChI is InChI=1S/C17H26.C14H12.C13H18.C13H16.C11H22.C11H16/c1-13-5-7-14(8-6-13)15-9-11-16(12-10-15)17(2,3)4;1-10-6-7-14-12(8-10)9-11-4-2-3-5-13(11)14;2*1-11-7-9-13(10-8-11)12-5-3-2-4-6-12;2*1-9-5-7-10(8-6-9)11(2,3)4/h5-8,15-16H,9-12H2,1-4H3;2-8H,9H2,1H3;7-10,12H,2-6H2,1H3;5,7-10H,2-4,6H2,1H3;9-10H,5-8H2,1-4H3;5-8H,1-4H3. The monoisotopic (exact) mass is 1060 g/mol. The quantitative estimate of drug-likeness (QED) is 0.165. The third-order valence-corrected chi connectivity index (χ3v) is 18.5. The Bertz CT molecular complexity index is 2700. The summed E-state index contributed by atoms with van der Waals surface area (Å²) in [6, 6.07) is 51.3. The fraction of sp³-hybridized carbons (Fsp3) is 0.519. The van der Waals surface area contributed by atoms with Crippen LogP contribution in [0.3, 0.4) is 0 Å². The molecule has 0 radical (unpaired) electrons. The maximum absolute atomic E-state index is 2.40. The highest BCUT2D eigenvalue weighted by Crippen LogP contribution is 2.44. The SMILES string of the molecule is CC1CCC(C(C)(C)C)CC1.Cc1ccc(C(C)(C)C)cc1.Cc1ccc(C2=CCCCC2)cc1.Cc1ccc(C2CCC(C(C)(C)C)CC2)cc1.Cc1ccc(C2CCCCC2)cc1.Cc1ccc2c(c1)Cc1ccccc1-2. The Morgan fingerprint density at radius 2 is 0.823 bits per heavy atom. The van der Waals surface area contributed by atoms with Crippen molar-refractivity contribution in [2.45, 2.75) is 237 Å².